The molecule has 0 aliphatic carbocycles. The maximum Gasteiger partial charge on any atom is 0.387 e. The van der Waals surface area contributed by atoms with E-state index in [1.807, 2.05) is 6.92 Å². The zero-order valence-electron chi connectivity index (χ0n) is 14.4. The molecule has 0 aliphatic heterocycles. The van der Waals surface area contributed by atoms with Gasteiger partial charge < -0.3 is 14.0 Å². The molecular weight excluding hydrogens is 376 g/mol. The Kier molecular flexibility index (Phi) is 5.92. The zero-order chi connectivity index (χ0) is 19.4. The van der Waals surface area contributed by atoms with Gasteiger partial charge >= 0.3 is 11.8 Å². The van der Waals surface area contributed by atoms with Crippen molar-refractivity contribution in [3.63, 3.8) is 0 Å². The number of nitrogens with one attached hydrogen (secondary N) is 1. The van der Waals surface area contributed by atoms with Crippen molar-refractivity contribution in [1.82, 2.24) is 15.0 Å². The van der Waals surface area contributed by atoms with Gasteiger partial charge in [-0.1, -0.05) is 12.7 Å². The van der Waals surface area contributed by atoms with Gasteiger partial charge in [0, 0.05) is 29.0 Å². The highest BCUT2D eigenvalue weighted by Gasteiger charge is 2.21. The Morgan fingerprint density at radius 2 is 2.19 bits per heavy atom. The topological polar surface area (TPSA) is 83.1 Å². The molecule has 142 valence electrons. The van der Waals surface area contributed by atoms with Crippen LogP contribution in [0.15, 0.2) is 48.3 Å². The fourth-order valence-corrected chi connectivity index (χ4v) is 3.55. The third kappa shape index (κ3) is 4.55. The molecule has 0 radical (unpaired) electrons. The quantitative estimate of drug-likeness (QED) is 0.466. The Morgan fingerprint density at radius 3 is 2.93 bits per heavy atom. The van der Waals surface area contributed by atoms with Crippen molar-refractivity contribution in [2.75, 3.05) is 6.61 Å². The van der Waals surface area contributed by atoms with Gasteiger partial charge in [-0.25, -0.2) is 0 Å². The first kappa shape index (κ1) is 19.1. The van der Waals surface area contributed by atoms with Gasteiger partial charge in [-0.15, -0.1) is 0 Å². The molecule has 1 N–H and O–H groups in total. The lowest BCUT2D eigenvalue weighted by molar-refractivity contribution is -0.0497. The normalized spacial score (nSPS) is 12.3. The first-order chi connectivity index (χ1) is 13.0. The molecule has 1 unspecified atom stereocenters. The summed E-state index contributed by atoms with van der Waals surface area (Å²) in [5, 5.41) is 0.234. The first-order valence-electron chi connectivity index (χ1n) is 7.99. The molecule has 0 spiro atoms. The van der Waals surface area contributed by atoms with Gasteiger partial charge in [-0.3, -0.25) is 9.97 Å². The number of fused-ring (bicyclic) bond motifs is 1. The highest BCUT2D eigenvalue weighted by Crippen LogP contribution is 2.25. The highest BCUT2D eigenvalue weighted by atomic mass is 32.2. The standard InChI is InChI=1S/C18H17F2N3O3S/c1-3-8-25-16-6-7-21-15(11(16)2)10-27(24)18-22-13-5-4-12(26-17(19)20)9-14(13)23-18/h3-7,9,17H,1,8,10H2,2H3,(H,22,23). The average Bonchev–Trinajstić information content (AvgIpc) is 3.05. The van der Waals surface area contributed by atoms with E-state index in [2.05, 4.69) is 26.3 Å². The van der Waals surface area contributed by atoms with Gasteiger partial charge in [0.05, 0.1) is 16.7 Å². The van der Waals surface area contributed by atoms with Crippen molar-refractivity contribution < 1.29 is 22.8 Å². The van der Waals surface area contributed by atoms with E-state index >= 15 is 0 Å². The molecule has 1 aromatic carbocycles. The SMILES string of the molecule is C=CCOc1ccnc(C[S+]([O-])c2nc3cc(OC(F)F)ccc3[nH]2)c1C. The van der Waals surface area contributed by atoms with E-state index in [-0.39, 0.29) is 16.7 Å². The Labute approximate surface area is 157 Å². The number of aromatic nitrogens is 3. The van der Waals surface area contributed by atoms with Gasteiger partial charge in [-0.05, 0) is 25.1 Å². The molecular formula is C18H17F2N3O3S. The molecule has 0 aliphatic rings. The average molecular weight is 393 g/mol. The van der Waals surface area contributed by atoms with Crippen LogP contribution in [0, 0.1) is 6.92 Å². The van der Waals surface area contributed by atoms with Crippen LogP contribution < -0.4 is 9.47 Å². The summed E-state index contributed by atoms with van der Waals surface area (Å²) in [6.07, 6.45) is 3.22. The second-order valence-corrected chi connectivity index (χ2v) is 6.94. The molecule has 3 aromatic rings. The van der Waals surface area contributed by atoms with E-state index in [4.69, 9.17) is 4.74 Å². The number of aromatic amines is 1. The van der Waals surface area contributed by atoms with E-state index < -0.39 is 17.8 Å². The molecule has 0 bridgehead atoms. The Balaban J connectivity index is 1.80. The Morgan fingerprint density at radius 1 is 1.37 bits per heavy atom. The summed E-state index contributed by atoms with van der Waals surface area (Å²) in [6, 6.07) is 6.04. The predicted octanol–water partition coefficient (Wildman–Crippen LogP) is 3.74. The largest absolute Gasteiger partial charge is 0.609 e. The van der Waals surface area contributed by atoms with Crippen LogP contribution in [0.1, 0.15) is 11.3 Å². The van der Waals surface area contributed by atoms with Crippen molar-refractivity contribution in [3.8, 4) is 11.5 Å². The van der Waals surface area contributed by atoms with E-state index in [1.165, 1.54) is 12.1 Å². The van der Waals surface area contributed by atoms with Crippen LogP contribution in [0.3, 0.4) is 0 Å². The molecule has 0 fully saturated rings. The minimum Gasteiger partial charge on any atom is -0.609 e. The fourth-order valence-electron chi connectivity index (χ4n) is 2.45. The summed E-state index contributed by atoms with van der Waals surface area (Å²) in [7, 11) is 0. The molecule has 2 heterocycles. The van der Waals surface area contributed by atoms with Gasteiger partial charge in [0.15, 0.2) is 5.75 Å². The molecule has 27 heavy (non-hydrogen) atoms. The van der Waals surface area contributed by atoms with Crippen LogP contribution in [-0.2, 0) is 16.9 Å². The van der Waals surface area contributed by atoms with Crippen molar-refractivity contribution in [1.29, 1.82) is 0 Å². The third-order valence-electron chi connectivity index (χ3n) is 3.76. The van der Waals surface area contributed by atoms with E-state index in [9.17, 15) is 13.3 Å². The molecule has 0 saturated carbocycles. The van der Waals surface area contributed by atoms with E-state index in [0.717, 1.165) is 5.56 Å². The van der Waals surface area contributed by atoms with Gasteiger partial charge in [0.2, 0.25) is 0 Å². The van der Waals surface area contributed by atoms with E-state index in [1.54, 1.807) is 24.4 Å². The maximum absolute atomic E-state index is 12.7. The lowest BCUT2D eigenvalue weighted by Crippen LogP contribution is -2.10. The van der Waals surface area contributed by atoms with Crippen LogP contribution in [0.25, 0.3) is 11.0 Å². The van der Waals surface area contributed by atoms with Crippen LogP contribution in [0.2, 0.25) is 0 Å². The van der Waals surface area contributed by atoms with E-state index in [0.29, 0.717) is 29.1 Å². The van der Waals surface area contributed by atoms with Crippen LogP contribution in [0.4, 0.5) is 8.78 Å². The lowest BCUT2D eigenvalue weighted by atomic mass is 10.2. The molecule has 2 aromatic heterocycles. The lowest BCUT2D eigenvalue weighted by Gasteiger charge is -2.12. The van der Waals surface area contributed by atoms with Crippen molar-refractivity contribution in [3.05, 3.63) is 54.4 Å². The smallest absolute Gasteiger partial charge is 0.387 e. The first-order valence-corrected chi connectivity index (χ1v) is 9.31. The summed E-state index contributed by atoms with van der Waals surface area (Å²) in [5.41, 5.74) is 2.38. The summed E-state index contributed by atoms with van der Waals surface area (Å²) >= 11 is -1.50. The highest BCUT2D eigenvalue weighted by molar-refractivity contribution is 7.90. The molecule has 0 saturated heterocycles. The van der Waals surface area contributed by atoms with Crippen molar-refractivity contribution >= 4 is 22.2 Å². The Bertz CT molecular complexity index is 949. The number of rotatable bonds is 8. The molecule has 0 amide bonds. The summed E-state index contributed by atoms with van der Waals surface area (Å²) in [6.45, 7) is 2.89. The van der Waals surface area contributed by atoms with Gasteiger partial charge in [-0.2, -0.15) is 13.8 Å². The number of ether oxygens (including phenoxy) is 2. The second-order valence-electron chi connectivity index (χ2n) is 5.57. The molecule has 1 atom stereocenters. The minimum atomic E-state index is -2.92. The van der Waals surface area contributed by atoms with Gasteiger partial charge in [0.1, 0.15) is 18.1 Å². The third-order valence-corrected chi connectivity index (χ3v) is 4.92. The minimum absolute atomic E-state index is 0.00841. The fraction of sp³-hybridized carbons (Fsp3) is 0.222. The maximum atomic E-state index is 12.7. The van der Waals surface area contributed by atoms with Gasteiger partial charge in [0.25, 0.3) is 0 Å². The number of hydrogen-bond donors (Lipinski definition) is 1. The number of H-pyrrole nitrogens is 1. The summed E-state index contributed by atoms with van der Waals surface area (Å²) in [4.78, 5) is 11.4. The second kappa shape index (κ2) is 8.36. The number of nitrogens with zero attached hydrogens (tertiary/aromatic N) is 2. The Hall–Kier alpha value is -2.65. The monoisotopic (exact) mass is 393 g/mol. The zero-order valence-corrected chi connectivity index (χ0v) is 15.3. The predicted molar refractivity (Wildman–Crippen MR) is 97.5 cm³/mol. The number of hydrogen-bond acceptors (Lipinski definition) is 5. The number of alkyl halides is 2. The number of benzene rings is 1. The molecule has 9 heteroatoms. The summed E-state index contributed by atoms with van der Waals surface area (Å²) in [5.74, 6) is 0.776. The van der Waals surface area contributed by atoms with Crippen molar-refractivity contribution in [2.45, 2.75) is 24.4 Å². The molecule has 6 nitrogen and oxygen atoms in total. The number of imidazole rings is 1. The number of halogens is 2. The van der Waals surface area contributed by atoms with Crippen LogP contribution in [-0.4, -0.2) is 32.7 Å². The van der Waals surface area contributed by atoms with Crippen LogP contribution >= 0.6 is 0 Å². The van der Waals surface area contributed by atoms with Crippen LogP contribution in [0.5, 0.6) is 11.5 Å². The summed E-state index contributed by atoms with van der Waals surface area (Å²) < 4.78 is 47.2. The molecule has 3 rings (SSSR count). The number of pyridine rings is 1. The van der Waals surface area contributed by atoms with Crippen molar-refractivity contribution in [2.24, 2.45) is 0 Å².